The molecule has 2 aliphatic rings. The van der Waals surface area contributed by atoms with Gasteiger partial charge in [-0.1, -0.05) is 30.3 Å². The van der Waals surface area contributed by atoms with E-state index in [1.165, 1.54) is 12.0 Å². The van der Waals surface area contributed by atoms with Crippen molar-refractivity contribution in [3.8, 4) is 0 Å². The summed E-state index contributed by atoms with van der Waals surface area (Å²) < 4.78 is 0. The molecule has 3 rings (SSSR count). The molecule has 0 aromatic heterocycles. The fourth-order valence-electron chi connectivity index (χ4n) is 2.78. The van der Waals surface area contributed by atoms with Gasteiger partial charge in [0.05, 0.1) is 6.04 Å². The maximum atomic E-state index is 12.0. The lowest BCUT2D eigenvalue weighted by Gasteiger charge is -2.23. The molecule has 1 aromatic carbocycles. The van der Waals surface area contributed by atoms with E-state index in [1.807, 2.05) is 6.07 Å². The molecule has 1 aliphatic carbocycles. The normalized spacial score (nSPS) is 29.8. The van der Waals surface area contributed by atoms with Crippen LogP contribution in [0.2, 0.25) is 0 Å². The smallest absolute Gasteiger partial charge is 0.238 e. The van der Waals surface area contributed by atoms with Crippen molar-refractivity contribution in [3.63, 3.8) is 0 Å². The number of amides is 1. The molecule has 1 saturated heterocycles. The molecule has 0 bridgehead atoms. The molecule has 19 heavy (non-hydrogen) atoms. The Kier molecular flexibility index (Phi) is 3.80. The Morgan fingerprint density at radius 2 is 2.11 bits per heavy atom. The van der Waals surface area contributed by atoms with Crippen LogP contribution in [-0.4, -0.2) is 38.1 Å². The highest BCUT2D eigenvalue weighted by atomic mass is 16.2. The molecule has 3 unspecified atom stereocenters. The van der Waals surface area contributed by atoms with Crippen LogP contribution in [0.1, 0.15) is 17.9 Å². The van der Waals surface area contributed by atoms with E-state index < -0.39 is 0 Å². The van der Waals surface area contributed by atoms with Crippen molar-refractivity contribution in [1.82, 2.24) is 16.0 Å². The number of carbonyl (C=O) groups excluding carboxylic acids is 1. The van der Waals surface area contributed by atoms with Gasteiger partial charge in [0.15, 0.2) is 0 Å². The Balaban J connectivity index is 1.43. The van der Waals surface area contributed by atoms with Crippen LogP contribution in [0.15, 0.2) is 30.3 Å². The van der Waals surface area contributed by atoms with Gasteiger partial charge in [0.25, 0.3) is 0 Å². The second kappa shape index (κ2) is 5.72. The van der Waals surface area contributed by atoms with Gasteiger partial charge in [-0.25, -0.2) is 0 Å². The minimum atomic E-state index is -0.0670. The molecule has 1 heterocycles. The first-order valence-electron chi connectivity index (χ1n) is 7.11. The van der Waals surface area contributed by atoms with E-state index in [4.69, 9.17) is 0 Å². The Morgan fingerprint density at radius 3 is 2.84 bits per heavy atom. The van der Waals surface area contributed by atoms with Crippen LogP contribution in [0.5, 0.6) is 0 Å². The predicted molar refractivity (Wildman–Crippen MR) is 75.0 cm³/mol. The first kappa shape index (κ1) is 12.6. The largest absolute Gasteiger partial charge is 0.354 e. The topological polar surface area (TPSA) is 53.2 Å². The van der Waals surface area contributed by atoms with Gasteiger partial charge in [0.1, 0.15) is 0 Å². The van der Waals surface area contributed by atoms with Crippen molar-refractivity contribution in [1.29, 1.82) is 0 Å². The number of hydrogen-bond acceptors (Lipinski definition) is 3. The number of benzene rings is 1. The van der Waals surface area contributed by atoms with Gasteiger partial charge in [-0.2, -0.15) is 0 Å². The molecule has 1 aromatic rings. The van der Waals surface area contributed by atoms with Gasteiger partial charge in [-0.15, -0.1) is 0 Å². The first-order chi connectivity index (χ1) is 9.34. The Morgan fingerprint density at radius 1 is 1.26 bits per heavy atom. The molecule has 1 aliphatic heterocycles. The second-order valence-electron chi connectivity index (χ2n) is 5.47. The minimum absolute atomic E-state index is 0.0670. The minimum Gasteiger partial charge on any atom is -0.354 e. The third-order valence-electron chi connectivity index (χ3n) is 4.05. The molecule has 3 atom stereocenters. The Hall–Kier alpha value is -1.39. The zero-order valence-corrected chi connectivity index (χ0v) is 11.1. The number of rotatable bonds is 4. The molecule has 4 heteroatoms. The molecule has 4 nitrogen and oxygen atoms in total. The molecule has 1 amide bonds. The van der Waals surface area contributed by atoms with Crippen LogP contribution in [0, 0.1) is 5.92 Å². The number of hydrogen-bond donors (Lipinski definition) is 3. The van der Waals surface area contributed by atoms with Crippen LogP contribution < -0.4 is 16.0 Å². The SMILES string of the molecule is O=C(NCC1CC1c1ccccc1)C1CNCCN1. The fraction of sp³-hybridized carbons (Fsp3) is 0.533. The summed E-state index contributed by atoms with van der Waals surface area (Å²) in [4.78, 5) is 12.0. The summed E-state index contributed by atoms with van der Waals surface area (Å²) in [6.07, 6.45) is 1.20. The van der Waals surface area contributed by atoms with Gasteiger partial charge in [0.2, 0.25) is 5.91 Å². The summed E-state index contributed by atoms with van der Waals surface area (Å²) in [6.45, 7) is 3.35. The van der Waals surface area contributed by atoms with E-state index in [1.54, 1.807) is 0 Å². The zero-order valence-electron chi connectivity index (χ0n) is 11.1. The molecular weight excluding hydrogens is 238 g/mol. The third-order valence-corrected chi connectivity index (χ3v) is 4.05. The quantitative estimate of drug-likeness (QED) is 0.737. The molecule has 1 saturated carbocycles. The van der Waals surface area contributed by atoms with Gasteiger partial charge in [0, 0.05) is 26.2 Å². The van der Waals surface area contributed by atoms with Crippen LogP contribution in [-0.2, 0) is 4.79 Å². The lowest BCUT2D eigenvalue weighted by molar-refractivity contribution is -0.123. The van der Waals surface area contributed by atoms with Crippen LogP contribution in [0.25, 0.3) is 0 Å². The van der Waals surface area contributed by atoms with E-state index >= 15 is 0 Å². The van der Waals surface area contributed by atoms with Crippen LogP contribution in [0.4, 0.5) is 0 Å². The molecule has 2 fully saturated rings. The highest BCUT2D eigenvalue weighted by Gasteiger charge is 2.38. The van der Waals surface area contributed by atoms with Gasteiger partial charge in [-0.3, -0.25) is 4.79 Å². The van der Waals surface area contributed by atoms with Crippen LogP contribution in [0.3, 0.4) is 0 Å². The molecular formula is C15H21N3O. The standard InChI is InChI=1S/C15H21N3O/c19-15(14-10-16-6-7-17-14)18-9-12-8-13(12)11-4-2-1-3-5-11/h1-5,12-14,16-17H,6-10H2,(H,18,19). The summed E-state index contributed by atoms with van der Waals surface area (Å²) in [5, 5.41) is 9.53. The summed E-state index contributed by atoms with van der Waals surface area (Å²) in [5.74, 6) is 1.38. The highest BCUT2D eigenvalue weighted by Crippen LogP contribution is 2.46. The van der Waals surface area contributed by atoms with Crippen molar-refractivity contribution in [2.24, 2.45) is 5.92 Å². The highest BCUT2D eigenvalue weighted by molar-refractivity contribution is 5.82. The van der Waals surface area contributed by atoms with Gasteiger partial charge >= 0.3 is 0 Å². The van der Waals surface area contributed by atoms with E-state index in [9.17, 15) is 4.79 Å². The zero-order chi connectivity index (χ0) is 13.1. The molecule has 3 N–H and O–H groups in total. The maximum Gasteiger partial charge on any atom is 0.238 e. The van der Waals surface area contributed by atoms with Crippen molar-refractivity contribution in [2.75, 3.05) is 26.2 Å². The third kappa shape index (κ3) is 3.14. The predicted octanol–water partition coefficient (Wildman–Crippen LogP) is 0.468. The Labute approximate surface area is 114 Å². The monoisotopic (exact) mass is 259 g/mol. The number of nitrogens with one attached hydrogen (secondary N) is 3. The van der Waals surface area contributed by atoms with Crippen molar-refractivity contribution in [2.45, 2.75) is 18.4 Å². The number of piperazine rings is 1. The van der Waals surface area contributed by atoms with E-state index in [0.29, 0.717) is 11.8 Å². The van der Waals surface area contributed by atoms with E-state index in [0.717, 1.165) is 26.2 Å². The molecule has 102 valence electrons. The van der Waals surface area contributed by atoms with Crippen molar-refractivity contribution in [3.05, 3.63) is 35.9 Å². The van der Waals surface area contributed by atoms with Crippen molar-refractivity contribution >= 4 is 5.91 Å². The lowest BCUT2D eigenvalue weighted by Crippen LogP contribution is -2.55. The second-order valence-corrected chi connectivity index (χ2v) is 5.47. The molecule has 0 spiro atoms. The summed E-state index contributed by atoms with van der Waals surface area (Å²) >= 11 is 0. The van der Waals surface area contributed by atoms with Crippen LogP contribution >= 0.6 is 0 Å². The summed E-state index contributed by atoms with van der Waals surface area (Å²) in [7, 11) is 0. The fourth-order valence-corrected chi connectivity index (χ4v) is 2.78. The van der Waals surface area contributed by atoms with Gasteiger partial charge < -0.3 is 16.0 Å². The molecule has 0 radical (unpaired) electrons. The van der Waals surface area contributed by atoms with Crippen molar-refractivity contribution < 1.29 is 4.79 Å². The summed E-state index contributed by atoms with van der Waals surface area (Å²) in [5.41, 5.74) is 1.40. The summed E-state index contributed by atoms with van der Waals surface area (Å²) in [6, 6.07) is 10.5. The maximum absolute atomic E-state index is 12.0. The van der Waals surface area contributed by atoms with E-state index in [2.05, 4.69) is 40.2 Å². The average molecular weight is 259 g/mol. The Bertz CT molecular complexity index is 428. The van der Waals surface area contributed by atoms with E-state index in [-0.39, 0.29) is 11.9 Å². The average Bonchev–Trinajstić information content (AvgIpc) is 3.26. The number of carbonyl (C=O) groups is 1. The lowest BCUT2D eigenvalue weighted by atomic mass is 10.1. The van der Waals surface area contributed by atoms with Gasteiger partial charge in [-0.05, 0) is 23.8 Å². The first-order valence-corrected chi connectivity index (χ1v) is 7.11.